The highest BCUT2D eigenvalue weighted by Crippen LogP contribution is 2.15. The number of alkyl carbamates (subject to hydrolysis) is 1. The largest absolute Gasteiger partial charge is 0.490 e. The topological polar surface area (TPSA) is 132 Å². The van der Waals surface area contributed by atoms with Crippen molar-refractivity contribution in [3.63, 3.8) is 0 Å². The van der Waals surface area contributed by atoms with Gasteiger partial charge in [0.1, 0.15) is 36.1 Å². The Morgan fingerprint density at radius 3 is 2.31 bits per heavy atom. The van der Waals surface area contributed by atoms with E-state index in [1.807, 2.05) is 0 Å². The van der Waals surface area contributed by atoms with Crippen molar-refractivity contribution in [1.29, 1.82) is 0 Å². The molecule has 1 unspecified atom stereocenters. The number of fused-ring (bicyclic) bond motifs is 12. The fourth-order valence-electron chi connectivity index (χ4n) is 3.30. The highest BCUT2D eigenvalue weighted by Gasteiger charge is 2.32. The molecule has 3 rings (SSSR count). The summed E-state index contributed by atoms with van der Waals surface area (Å²) in [5.74, 6) is -1.54. The molecule has 3 N–H and O–H groups in total. The lowest BCUT2D eigenvalue weighted by Gasteiger charge is -2.27. The zero-order valence-corrected chi connectivity index (χ0v) is 21.0. The summed E-state index contributed by atoms with van der Waals surface area (Å²) in [6.45, 7) is 8.83. The predicted octanol–water partition coefficient (Wildman–Crippen LogP) is 1.87. The third-order valence-corrected chi connectivity index (χ3v) is 5.05. The maximum Gasteiger partial charge on any atom is 0.408 e. The summed E-state index contributed by atoms with van der Waals surface area (Å²) in [7, 11) is 1.22. The first-order valence-electron chi connectivity index (χ1n) is 11.5. The Morgan fingerprint density at radius 1 is 1.09 bits per heavy atom. The second-order valence-electron chi connectivity index (χ2n) is 9.53. The number of carbonyl (C=O) groups excluding carboxylic acids is 4. The molecule has 1 aromatic carbocycles. The van der Waals surface area contributed by atoms with Crippen LogP contribution >= 0.6 is 0 Å². The fourth-order valence-corrected chi connectivity index (χ4v) is 3.30. The lowest BCUT2D eigenvalue weighted by Crippen LogP contribution is -2.58. The van der Waals surface area contributed by atoms with Gasteiger partial charge >= 0.3 is 12.1 Å². The van der Waals surface area contributed by atoms with Crippen LogP contribution in [0, 0.1) is 5.92 Å². The van der Waals surface area contributed by atoms with Gasteiger partial charge in [-0.2, -0.15) is 0 Å². The third-order valence-electron chi connectivity index (χ3n) is 5.05. The standard InChI is InChI=1S/C25H35N3O7/c1-15(2)20-22(30)26-18(23(31)33-6)8-7-13-34-17-11-9-16(10-12-17)14-19(21(29)28-20)27-24(32)35-25(3,4)5/h7-12,15,18-20H,13-14H2,1-6H3,(H,26,30)(H,27,32)(H,28,29)/t18?,19-,20-/m0/s1. The molecule has 2 aliphatic heterocycles. The van der Waals surface area contributed by atoms with E-state index in [4.69, 9.17) is 14.2 Å². The molecule has 2 aliphatic rings. The predicted molar refractivity (Wildman–Crippen MR) is 129 cm³/mol. The summed E-state index contributed by atoms with van der Waals surface area (Å²) >= 11 is 0. The zero-order chi connectivity index (χ0) is 26.2. The highest BCUT2D eigenvalue weighted by atomic mass is 16.6. The van der Waals surface area contributed by atoms with Crippen LogP contribution in [-0.2, 0) is 30.3 Å². The van der Waals surface area contributed by atoms with Crippen molar-refractivity contribution < 1.29 is 33.4 Å². The van der Waals surface area contributed by atoms with Gasteiger partial charge in [0.05, 0.1) is 7.11 Å². The quantitative estimate of drug-likeness (QED) is 0.436. The molecule has 0 fully saturated rings. The van der Waals surface area contributed by atoms with Gasteiger partial charge in [-0.3, -0.25) is 9.59 Å². The molecule has 0 aliphatic carbocycles. The molecule has 3 amide bonds. The second kappa shape index (κ2) is 12.2. The van der Waals surface area contributed by atoms with Crippen LogP contribution in [0.4, 0.5) is 4.79 Å². The number of methoxy groups -OCH3 is 1. The van der Waals surface area contributed by atoms with E-state index >= 15 is 0 Å². The van der Waals surface area contributed by atoms with Crippen LogP contribution in [0.5, 0.6) is 5.75 Å². The van der Waals surface area contributed by atoms with Crippen LogP contribution in [0.15, 0.2) is 36.4 Å². The Kier molecular flexibility index (Phi) is 9.68. The number of rotatable bonds is 3. The average Bonchev–Trinajstić information content (AvgIpc) is 2.77. The smallest absolute Gasteiger partial charge is 0.408 e. The van der Waals surface area contributed by atoms with Gasteiger partial charge in [-0.15, -0.1) is 0 Å². The average molecular weight is 490 g/mol. The molecule has 2 bridgehead atoms. The first kappa shape index (κ1) is 27.7. The van der Waals surface area contributed by atoms with E-state index in [0.29, 0.717) is 5.75 Å². The minimum Gasteiger partial charge on any atom is -0.490 e. The summed E-state index contributed by atoms with van der Waals surface area (Å²) in [6, 6.07) is 3.99. The van der Waals surface area contributed by atoms with E-state index in [1.54, 1.807) is 65.0 Å². The number of nitrogens with one attached hydrogen (secondary N) is 3. The Bertz CT molecular complexity index is 935. The number of ether oxygens (including phenoxy) is 3. The van der Waals surface area contributed by atoms with Crippen molar-refractivity contribution in [3.05, 3.63) is 42.0 Å². The number of carbonyl (C=O) groups is 4. The van der Waals surface area contributed by atoms with Crippen molar-refractivity contribution in [3.8, 4) is 5.75 Å². The molecule has 2 heterocycles. The van der Waals surface area contributed by atoms with Crippen LogP contribution in [0.25, 0.3) is 0 Å². The van der Waals surface area contributed by atoms with Gasteiger partial charge in [0, 0.05) is 6.42 Å². The summed E-state index contributed by atoms with van der Waals surface area (Å²) < 4.78 is 15.8. The van der Waals surface area contributed by atoms with Crippen molar-refractivity contribution >= 4 is 23.9 Å². The lowest BCUT2D eigenvalue weighted by atomic mass is 10.0. The van der Waals surface area contributed by atoms with E-state index in [2.05, 4.69) is 16.0 Å². The highest BCUT2D eigenvalue weighted by molar-refractivity contribution is 5.93. The monoisotopic (exact) mass is 489 g/mol. The molecular formula is C25H35N3O7. The number of benzene rings is 1. The summed E-state index contributed by atoms with van der Waals surface area (Å²) in [6.07, 6.45) is 2.47. The van der Waals surface area contributed by atoms with Gasteiger partial charge in [0.2, 0.25) is 11.8 Å². The molecular weight excluding hydrogens is 454 g/mol. The summed E-state index contributed by atoms with van der Waals surface area (Å²) in [5, 5.41) is 7.91. The molecule has 0 saturated heterocycles. The van der Waals surface area contributed by atoms with Crippen molar-refractivity contribution in [2.24, 2.45) is 5.92 Å². The Labute approximate surface area is 205 Å². The third kappa shape index (κ3) is 8.95. The molecule has 0 radical (unpaired) electrons. The van der Waals surface area contributed by atoms with E-state index in [-0.39, 0.29) is 18.9 Å². The van der Waals surface area contributed by atoms with Crippen LogP contribution < -0.4 is 20.7 Å². The molecule has 1 aromatic rings. The van der Waals surface area contributed by atoms with Crippen molar-refractivity contribution in [1.82, 2.24) is 16.0 Å². The minimum absolute atomic E-state index is 0.155. The minimum atomic E-state index is -1.07. The Hall–Kier alpha value is -3.56. The molecule has 35 heavy (non-hydrogen) atoms. The van der Waals surface area contributed by atoms with Gasteiger partial charge in [-0.25, -0.2) is 9.59 Å². The van der Waals surface area contributed by atoms with Gasteiger partial charge in [-0.05, 0) is 50.5 Å². The van der Waals surface area contributed by atoms with Crippen LogP contribution in [-0.4, -0.2) is 61.3 Å². The van der Waals surface area contributed by atoms with Gasteiger partial charge in [0.25, 0.3) is 0 Å². The Balaban J connectivity index is 2.39. The zero-order valence-electron chi connectivity index (χ0n) is 21.0. The van der Waals surface area contributed by atoms with E-state index < -0.39 is 47.6 Å². The van der Waals surface area contributed by atoms with E-state index in [9.17, 15) is 19.2 Å². The molecule has 0 aromatic heterocycles. The molecule has 0 spiro atoms. The van der Waals surface area contributed by atoms with Crippen molar-refractivity contribution in [2.45, 2.75) is 64.8 Å². The molecule has 3 atom stereocenters. The van der Waals surface area contributed by atoms with Crippen molar-refractivity contribution in [2.75, 3.05) is 13.7 Å². The molecule has 10 nitrogen and oxygen atoms in total. The summed E-state index contributed by atoms with van der Waals surface area (Å²) in [4.78, 5) is 50.9. The van der Waals surface area contributed by atoms with Crippen LogP contribution in [0.1, 0.15) is 40.2 Å². The number of amides is 3. The van der Waals surface area contributed by atoms with Crippen LogP contribution in [0.2, 0.25) is 0 Å². The van der Waals surface area contributed by atoms with Crippen LogP contribution in [0.3, 0.4) is 0 Å². The number of esters is 1. The van der Waals surface area contributed by atoms with Gasteiger partial charge < -0.3 is 30.2 Å². The Morgan fingerprint density at radius 2 is 1.74 bits per heavy atom. The molecule has 192 valence electrons. The SMILES string of the molecule is COC(=O)C1C=CCOc2ccc(cc2)C[C@H](NC(=O)OC(C)(C)C)C(=O)N[C@@H](C(C)C)C(=O)N1. The number of hydrogen-bond acceptors (Lipinski definition) is 7. The maximum absolute atomic E-state index is 13.3. The molecule has 0 saturated carbocycles. The first-order valence-corrected chi connectivity index (χ1v) is 11.5. The fraction of sp³-hybridized carbons (Fsp3) is 0.520. The first-order chi connectivity index (χ1) is 16.4. The normalized spacial score (nSPS) is 21.5. The maximum atomic E-state index is 13.3. The number of hydrogen-bond donors (Lipinski definition) is 3. The summed E-state index contributed by atoms with van der Waals surface area (Å²) in [5.41, 5.74) is 0.0155. The van der Waals surface area contributed by atoms with Gasteiger partial charge in [-0.1, -0.05) is 32.1 Å². The van der Waals surface area contributed by atoms with E-state index in [1.165, 1.54) is 13.2 Å². The second-order valence-corrected chi connectivity index (χ2v) is 9.53. The van der Waals surface area contributed by atoms with E-state index in [0.717, 1.165) is 5.56 Å². The van der Waals surface area contributed by atoms with Gasteiger partial charge in [0.15, 0.2) is 0 Å². The molecule has 10 heteroatoms. The lowest BCUT2D eigenvalue weighted by molar-refractivity contribution is -0.144.